The number of halogens is 3. The topological polar surface area (TPSA) is 23.8 Å². The number of hydrogen-bond donors (Lipinski definition) is 0. The Hall–Kier alpha value is -1.50. The Bertz CT molecular complexity index is 569. The van der Waals surface area contributed by atoms with E-state index in [1.807, 2.05) is 0 Å². The van der Waals surface area contributed by atoms with Gasteiger partial charge in [0.1, 0.15) is 0 Å². The minimum Gasteiger partial charge on any atom is -0.192 e. The van der Waals surface area contributed by atoms with E-state index in [0.717, 1.165) is 18.9 Å². The molecule has 2 fully saturated rings. The fraction of sp³-hybridized carbons (Fsp3) is 0.588. The summed E-state index contributed by atoms with van der Waals surface area (Å²) in [6.45, 7) is 0. The maximum atomic E-state index is 12.9. The van der Waals surface area contributed by atoms with Gasteiger partial charge in [0.15, 0.2) is 0 Å². The number of nitriles is 1. The van der Waals surface area contributed by atoms with Gasteiger partial charge in [-0.3, -0.25) is 0 Å². The van der Waals surface area contributed by atoms with Crippen molar-refractivity contribution in [2.24, 2.45) is 11.3 Å². The summed E-state index contributed by atoms with van der Waals surface area (Å²) in [7, 11) is 0. The van der Waals surface area contributed by atoms with Gasteiger partial charge in [-0.2, -0.15) is 18.4 Å². The van der Waals surface area contributed by atoms with Crippen LogP contribution in [0.1, 0.15) is 55.2 Å². The zero-order chi connectivity index (χ0) is 15.1. The maximum Gasteiger partial charge on any atom is 0.417 e. The van der Waals surface area contributed by atoms with Gasteiger partial charge < -0.3 is 0 Å². The molecule has 0 atom stereocenters. The normalized spacial score (nSPS) is 21.2. The molecule has 0 radical (unpaired) electrons. The number of hydrogen-bond acceptors (Lipinski definition) is 1. The maximum absolute atomic E-state index is 12.9. The lowest BCUT2D eigenvalue weighted by atomic mass is 9.59. The van der Waals surface area contributed by atoms with E-state index in [9.17, 15) is 13.2 Å². The molecule has 2 aliphatic rings. The molecule has 0 aliphatic heterocycles. The second-order valence-corrected chi connectivity index (χ2v) is 6.68. The number of benzene rings is 1. The van der Waals surface area contributed by atoms with Crippen LogP contribution in [0.4, 0.5) is 13.2 Å². The van der Waals surface area contributed by atoms with Crippen molar-refractivity contribution < 1.29 is 13.2 Å². The Morgan fingerprint density at radius 1 is 1.19 bits per heavy atom. The van der Waals surface area contributed by atoms with E-state index in [0.29, 0.717) is 23.3 Å². The predicted octanol–water partition coefficient (Wildman–Crippen LogP) is 5.09. The second-order valence-electron chi connectivity index (χ2n) is 6.68. The zero-order valence-corrected chi connectivity index (χ0v) is 11.8. The Balaban J connectivity index is 1.71. The molecule has 2 aliphatic carbocycles. The van der Waals surface area contributed by atoms with Gasteiger partial charge in [0.2, 0.25) is 0 Å². The molecule has 4 heteroatoms. The van der Waals surface area contributed by atoms with Crippen molar-refractivity contribution in [1.29, 1.82) is 5.26 Å². The van der Waals surface area contributed by atoms with Gasteiger partial charge in [-0.05, 0) is 61.1 Å². The van der Waals surface area contributed by atoms with E-state index in [4.69, 9.17) is 5.26 Å². The van der Waals surface area contributed by atoms with Crippen molar-refractivity contribution in [3.63, 3.8) is 0 Å². The molecule has 0 saturated heterocycles. The molecule has 1 nitrogen and oxygen atoms in total. The van der Waals surface area contributed by atoms with Crippen LogP contribution in [-0.2, 0) is 12.6 Å². The highest BCUT2D eigenvalue weighted by molar-refractivity contribution is 5.42. The summed E-state index contributed by atoms with van der Waals surface area (Å²) in [5.41, 5.74) is 0.146. The van der Waals surface area contributed by atoms with Gasteiger partial charge in [0.25, 0.3) is 0 Å². The van der Waals surface area contributed by atoms with Crippen LogP contribution >= 0.6 is 0 Å². The zero-order valence-electron chi connectivity index (χ0n) is 11.8. The number of alkyl halides is 3. The Morgan fingerprint density at radius 3 is 2.43 bits per heavy atom. The number of rotatable bonds is 2. The predicted molar refractivity (Wildman–Crippen MR) is 73.5 cm³/mol. The first-order chi connectivity index (χ1) is 9.92. The van der Waals surface area contributed by atoms with Crippen molar-refractivity contribution in [3.05, 3.63) is 34.9 Å². The van der Waals surface area contributed by atoms with Gasteiger partial charge in [0.05, 0.1) is 17.2 Å². The van der Waals surface area contributed by atoms with Gasteiger partial charge >= 0.3 is 6.18 Å². The molecule has 0 N–H and O–H groups in total. The van der Waals surface area contributed by atoms with Crippen LogP contribution in [0.25, 0.3) is 0 Å². The summed E-state index contributed by atoms with van der Waals surface area (Å²) in [6.07, 6.45) is 3.78. The summed E-state index contributed by atoms with van der Waals surface area (Å²) in [5, 5.41) is 8.80. The van der Waals surface area contributed by atoms with E-state index < -0.39 is 11.7 Å². The summed E-state index contributed by atoms with van der Waals surface area (Å²) in [4.78, 5) is 0. The van der Waals surface area contributed by atoms with Crippen molar-refractivity contribution >= 4 is 0 Å². The average Bonchev–Trinajstić information content (AvgIpc) is 2.86. The first kappa shape index (κ1) is 14.4. The second kappa shape index (κ2) is 5.05. The third kappa shape index (κ3) is 2.79. The van der Waals surface area contributed by atoms with Crippen molar-refractivity contribution in [2.45, 2.75) is 51.1 Å². The van der Waals surface area contributed by atoms with Crippen LogP contribution in [0.5, 0.6) is 0 Å². The minimum absolute atomic E-state index is 0.285. The summed E-state index contributed by atoms with van der Waals surface area (Å²) < 4.78 is 38.8. The molecule has 112 valence electrons. The molecule has 2 saturated carbocycles. The molecule has 1 aromatic rings. The molecule has 0 unspecified atom stereocenters. The quantitative estimate of drug-likeness (QED) is 0.745. The van der Waals surface area contributed by atoms with Crippen LogP contribution in [0.2, 0.25) is 0 Å². The fourth-order valence-corrected chi connectivity index (χ4v) is 4.23. The molecular weight excluding hydrogens is 275 g/mol. The summed E-state index contributed by atoms with van der Waals surface area (Å²) in [5.74, 6) is 0.511. The molecular formula is C17H18F3N. The van der Waals surface area contributed by atoms with Gasteiger partial charge in [-0.1, -0.05) is 18.9 Å². The van der Waals surface area contributed by atoms with Crippen LogP contribution in [0.15, 0.2) is 18.2 Å². The molecule has 0 aromatic heterocycles. The monoisotopic (exact) mass is 293 g/mol. The van der Waals surface area contributed by atoms with E-state index in [-0.39, 0.29) is 5.56 Å². The lowest BCUT2D eigenvalue weighted by Gasteiger charge is -2.46. The average molecular weight is 293 g/mol. The van der Waals surface area contributed by atoms with Crippen LogP contribution in [0.3, 0.4) is 0 Å². The van der Waals surface area contributed by atoms with Gasteiger partial charge in [-0.15, -0.1) is 0 Å². The molecule has 0 bridgehead atoms. The Kier molecular flexibility index (Phi) is 3.47. The van der Waals surface area contributed by atoms with E-state index in [1.165, 1.54) is 31.7 Å². The first-order valence-electron chi connectivity index (χ1n) is 7.52. The molecule has 0 amide bonds. The van der Waals surface area contributed by atoms with Gasteiger partial charge in [-0.25, -0.2) is 0 Å². The van der Waals surface area contributed by atoms with Crippen LogP contribution < -0.4 is 0 Å². The van der Waals surface area contributed by atoms with Crippen molar-refractivity contribution in [3.8, 4) is 6.07 Å². The van der Waals surface area contributed by atoms with Crippen LogP contribution in [-0.4, -0.2) is 0 Å². The summed E-state index contributed by atoms with van der Waals surface area (Å²) >= 11 is 0. The summed E-state index contributed by atoms with van der Waals surface area (Å²) in [6, 6.07) is 5.78. The van der Waals surface area contributed by atoms with Crippen molar-refractivity contribution in [1.82, 2.24) is 0 Å². The largest absolute Gasteiger partial charge is 0.417 e. The van der Waals surface area contributed by atoms with Crippen LogP contribution in [0, 0.1) is 22.7 Å². The van der Waals surface area contributed by atoms with E-state index in [2.05, 4.69) is 0 Å². The lowest BCUT2D eigenvalue weighted by molar-refractivity contribution is -0.137. The minimum atomic E-state index is -4.45. The number of nitrogens with zero attached hydrogens (tertiary/aromatic N) is 1. The Labute approximate surface area is 122 Å². The molecule has 1 spiro atoms. The third-order valence-corrected chi connectivity index (χ3v) is 5.14. The fourth-order valence-electron chi connectivity index (χ4n) is 4.23. The van der Waals surface area contributed by atoms with Gasteiger partial charge in [0, 0.05) is 0 Å². The van der Waals surface area contributed by atoms with E-state index in [1.54, 1.807) is 12.1 Å². The standard InChI is InChI=1S/C17H18F3N/c18-17(19,20)15-8-12(3-4-14(15)11-21)7-13-9-16(10-13)5-1-2-6-16/h3-4,8,13H,1-2,5-7,9-10H2. The highest BCUT2D eigenvalue weighted by Crippen LogP contribution is 2.56. The SMILES string of the molecule is N#Cc1ccc(CC2CC3(CCCC3)C2)cc1C(F)(F)F. The molecule has 0 heterocycles. The molecule has 1 aromatic carbocycles. The van der Waals surface area contributed by atoms with Crippen molar-refractivity contribution in [2.75, 3.05) is 0 Å². The highest BCUT2D eigenvalue weighted by Gasteiger charge is 2.45. The smallest absolute Gasteiger partial charge is 0.192 e. The highest BCUT2D eigenvalue weighted by atomic mass is 19.4. The first-order valence-corrected chi connectivity index (χ1v) is 7.52. The molecule has 3 rings (SSSR count). The Morgan fingerprint density at radius 2 is 1.86 bits per heavy atom. The molecule has 21 heavy (non-hydrogen) atoms. The third-order valence-electron chi connectivity index (χ3n) is 5.14. The lowest BCUT2D eigenvalue weighted by Crippen LogP contribution is -2.35. The van der Waals surface area contributed by atoms with E-state index >= 15 is 0 Å².